The van der Waals surface area contributed by atoms with E-state index in [1.54, 1.807) is 11.3 Å². The molecule has 1 aromatic rings. The van der Waals surface area contributed by atoms with E-state index in [2.05, 4.69) is 46.6 Å². The van der Waals surface area contributed by atoms with Gasteiger partial charge in [0.1, 0.15) is 0 Å². The maximum atomic E-state index is 4.55. The highest BCUT2D eigenvalue weighted by atomic mass is 32.2. The average molecular weight is 283 g/mol. The molecule has 100 valence electrons. The second-order valence-corrected chi connectivity index (χ2v) is 5.75. The third-order valence-electron chi connectivity index (χ3n) is 2.09. The van der Waals surface area contributed by atoms with Crippen LogP contribution in [0.1, 0.15) is 11.8 Å². The van der Waals surface area contributed by atoms with E-state index in [1.165, 1.54) is 4.88 Å². The van der Waals surface area contributed by atoms with Crippen LogP contribution in [0.25, 0.3) is 0 Å². The number of hydrogen-bond acceptors (Lipinski definition) is 3. The smallest absolute Gasteiger partial charge is 0.191 e. The second-order valence-electron chi connectivity index (χ2n) is 3.56. The van der Waals surface area contributed by atoms with Crippen molar-refractivity contribution in [1.29, 1.82) is 0 Å². The van der Waals surface area contributed by atoms with Crippen LogP contribution < -0.4 is 10.6 Å². The SMILES string of the molecule is C=CCSCCNC(=NCc1cccs1)NCC. The second kappa shape index (κ2) is 10.0. The van der Waals surface area contributed by atoms with Crippen molar-refractivity contribution in [2.75, 3.05) is 24.6 Å². The van der Waals surface area contributed by atoms with Crippen molar-refractivity contribution in [3.63, 3.8) is 0 Å². The van der Waals surface area contributed by atoms with Crippen molar-refractivity contribution in [2.45, 2.75) is 13.5 Å². The lowest BCUT2D eigenvalue weighted by Crippen LogP contribution is -2.38. The first-order chi connectivity index (χ1) is 8.86. The van der Waals surface area contributed by atoms with Gasteiger partial charge in [-0.25, -0.2) is 4.99 Å². The maximum Gasteiger partial charge on any atom is 0.191 e. The summed E-state index contributed by atoms with van der Waals surface area (Å²) in [6.45, 7) is 8.34. The van der Waals surface area contributed by atoms with Crippen molar-refractivity contribution in [1.82, 2.24) is 10.6 Å². The lowest BCUT2D eigenvalue weighted by molar-refractivity contribution is 0.845. The summed E-state index contributed by atoms with van der Waals surface area (Å²) in [5, 5.41) is 8.66. The van der Waals surface area contributed by atoms with E-state index in [0.29, 0.717) is 0 Å². The first-order valence-corrected chi connectivity index (χ1v) is 8.13. The van der Waals surface area contributed by atoms with Crippen LogP contribution in [0.2, 0.25) is 0 Å². The molecule has 3 nitrogen and oxygen atoms in total. The lowest BCUT2D eigenvalue weighted by atomic mass is 10.5. The molecule has 0 unspecified atom stereocenters. The number of nitrogens with one attached hydrogen (secondary N) is 2. The third kappa shape index (κ3) is 6.71. The number of aliphatic imine (C=N–C) groups is 1. The fourth-order valence-electron chi connectivity index (χ4n) is 1.31. The summed E-state index contributed by atoms with van der Waals surface area (Å²) in [5.74, 6) is 2.96. The number of nitrogens with zero attached hydrogens (tertiary/aromatic N) is 1. The maximum absolute atomic E-state index is 4.55. The summed E-state index contributed by atoms with van der Waals surface area (Å²) in [6, 6.07) is 4.17. The molecule has 0 aliphatic heterocycles. The van der Waals surface area contributed by atoms with Crippen LogP contribution in [-0.2, 0) is 6.54 Å². The van der Waals surface area contributed by atoms with Gasteiger partial charge in [-0.15, -0.1) is 17.9 Å². The van der Waals surface area contributed by atoms with Crippen molar-refractivity contribution in [3.05, 3.63) is 35.0 Å². The van der Waals surface area contributed by atoms with Crippen LogP contribution in [-0.4, -0.2) is 30.6 Å². The number of guanidine groups is 1. The van der Waals surface area contributed by atoms with Gasteiger partial charge in [-0.3, -0.25) is 0 Å². The molecule has 18 heavy (non-hydrogen) atoms. The predicted molar refractivity (Wildman–Crippen MR) is 84.7 cm³/mol. The zero-order chi connectivity index (χ0) is 13.1. The number of hydrogen-bond donors (Lipinski definition) is 2. The van der Waals surface area contributed by atoms with Crippen LogP contribution in [0.3, 0.4) is 0 Å². The van der Waals surface area contributed by atoms with Crippen molar-refractivity contribution >= 4 is 29.1 Å². The molecule has 0 aromatic carbocycles. The average Bonchev–Trinajstić information content (AvgIpc) is 2.88. The van der Waals surface area contributed by atoms with Crippen molar-refractivity contribution in [3.8, 4) is 0 Å². The Bertz CT molecular complexity index is 347. The molecule has 1 aromatic heterocycles. The fraction of sp³-hybridized carbons (Fsp3) is 0.462. The molecule has 0 atom stereocenters. The Morgan fingerprint density at radius 3 is 3.11 bits per heavy atom. The van der Waals surface area contributed by atoms with Crippen molar-refractivity contribution in [2.24, 2.45) is 4.99 Å². The largest absolute Gasteiger partial charge is 0.357 e. The quantitative estimate of drug-likeness (QED) is 0.333. The Kier molecular flexibility index (Phi) is 8.42. The Morgan fingerprint density at radius 2 is 2.44 bits per heavy atom. The fourth-order valence-corrected chi connectivity index (χ4v) is 2.52. The predicted octanol–water partition coefficient (Wildman–Crippen LogP) is 2.72. The Morgan fingerprint density at radius 1 is 1.56 bits per heavy atom. The first kappa shape index (κ1) is 15.1. The van der Waals surface area contributed by atoms with Gasteiger partial charge in [-0.2, -0.15) is 11.8 Å². The molecule has 1 heterocycles. The summed E-state index contributed by atoms with van der Waals surface area (Å²) >= 11 is 3.61. The topological polar surface area (TPSA) is 36.4 Å². The van der Waals surface area contributed by atoms with E-state index < -0.39 is 0 Å². The van der Waals surface area contributed by atoms with Gasteiger partial charge >= 0.3 is 0 Å². The van der Waals surface area contributed by atoms with Crippen LogP contribution in [0.5, 0.6) is 0 Å². The summed E-state index contributed by atoms with van der Waals surface area (Å²) in [5.41, 5.74) is 0. The van der Waals surface area contributed by atoms with Crippen LogP contribution in [0.4, 0.5) is 0 Å². The van der Waals surface area contributed by atoms with Crippen molar-refractivity contribution < 1.29 is 0 Å². The summed E-state index contributed by atoms with van der Waals surface area (Å²) in [7, 11) is 0. The Hall–Kier alpha value is -0.940. The third-order valence-corrected chi connectivity index (χ3v) is 3.92. The molecule has 0 saturated heterocycles. The van der Waals surface area contributed by atoms with Gasteiger partial charge in [-0.05, 0) is 18.4 Å². The van der Waals surface area contributed by atoms with Gasteiger partial charge in [0.25, 0.3) is 0 Å². The van der Waals surface area contributed by atoms with Gasteiger partial charge < -0.3 is 10.6 Å². The van der Waals surface area contributed by atoms with Crippen LogP contribution in [0.15, 0.2) is 35.2 Å². The molecule has 2 N–H and O–H groups in total. The van der Waals surface area contributed by atoms with E-state index in [-0.39, 0.29) is 0 Å². The van der Waals surface area contributed by atoms with E-state index >= 15 is 0 Å². The minimum absolute atomic E-state index is 0.743. The molecule has 0 aliphatic carbocycles. The molecule has 0 spiro atoms. The normalized spacial score (nSPS) is 11.3. The summed E-state index contributed by atoms with van der Waals surface area (Å²) in [6.07, 6.45) is 1.93. The highest BCUT2D eigenvalue weighted by Crippen LogP contribution is 2.09. The highest BCUT2D eigenvalue weighted by molar-refractivity contribution is 7.99. The summed E-state index contributed by atoms with van der Waals surface area (Å²) < 4.78 is 0. The molecule has 0 radical (unpaired) electrons. The molecule has 0 aliphatic rings. The molecular weight excluding hydrogens is 262 g/mol. The summed E-state index contributed by atoms with van der Waals surface area (Å²) in [4.78, 5) is 5.83. The van der Waals surface area contributed by atoms with Gasteiger partial charge in [-0.1, -0.05) is 12.1 Å². The van der Waals surface area contributed by atoms with E-state index in [0.717, 1.165) is 37.1 Å². The zero-order valence-corrected chi connectivity index (χ0v) is 12.4. The standard InChI is InChI=1S/C13H21N3S2/c1-3-8-17-10-7-15-13(14-4-2)16-11-12-6-5-9-18-12/h3,5-6,9H,1,4,7-8,10-11H2,2H3,(H2,14,15,16). The van der Waals surface area contributed by atoms with Gasteiger partial charge in [0.05, 0.1) is 6.54 Å². The molecule has 0 bridgehead atoms. The van der Waals surface area contributed by atoms with Gasteiger partial charge in [0, 0.05) is 29.5 Å². The monoisotopic (exact) mass is 283 g/mol. The van der Waals surface area contributed by atoms with E-state index in [4.69, 9.17) is 0 Å². The molecule has 0 amide bonds. The molecule has 1 rings (SSSR count). The minimum atomic E-state index is 0.743. The molecule has 0 fully saturated rings. The Labute approximate surface area is 118 Å². The number of rotatable bonds is 8. The van der Waals surface area contributed by atoms with E-state index in [1.807, 2.05) is 17.8 Å². The van der Waals surface area contributed by atoms with Crippen LogP contribution in [0, 0.1) is 0 Å². The molecule has 5 heteroatoms. The molecular formula is C13H21N3S2. The number of thiophene rings is 1. The van der Waals surface area contributed by atoms with E-state index in [9.17, 15) is 0 Å². The van der Waals surface area contributed by atoms with Gasteiger partial charge in [0.15, 0.2) is 5.96 Å². The molecule has 0 saturated carbocycles. The minimum Gasteiger partial charge on any atom is -0.357 e. The highest BCUT2D eigenvalue weighted by Gasteiger charge is 1.97. The number of thioether (sulfide) groups is 1. The lowest BCUT2D eigenvalue weighted by Gasteiger charge is -2.10. The zero-order valence-electron chi connectivity index (χ0n) is 10.8. The Balaban J connectivity index is 2.29. The first-order valence-electron chi connectivity index (χ1n) is 6.10. The van der Waals surface area contributed by atoms with Gasteiger partial charge in [0.2, 0.25) is 0 Å². The van der Waals surface area contributed by atoms with Crippen LogP contribution >= 0.6 is 23.1 Å².